The highest BCUT2D eigenvalue weighted by atomic mass is 19.2. The molecule has 0 saturated heterocycles. The fourth-order valence-electron chi connectivity index (χ4n) is 1.31. The van der Waals surface area contributed by atoms with E-state index in [2.05, 4.69) is 16.0 Å². The third-order valence-electron chi connectivity index (χ3n) is 2.12. The molecule has 5 heteroatoms. The Bertz CT molecular complexity index is 454. The molecule has 90 valence electrons. The normalized spacial score (nSPS) is 11.6. The Morgan fingerprint density at radius 2 is 2.24 bits per heavy atom. The summed E-state index contributed by atoms with van der Waals surface area (Å²) in [4.78, 5) is 11.4. The summed E-state index contributed by atoms with van der Waals surface area (Å²) < 4.78 is 30.3. The number of halogens is 2. The molecule has 3 nitrogen and oxygen atoms in total. The zero-order valence-corrected chi connectivity index (χ0v) is 9.17. The maximum atomic E-state index is 13.0. The summed E-state index contributed by atoms with van der Waals surface area (Å²) in [7, 11) is 1.20. The maximum absolute atomic E-state index is 13.0. The molecule has 0 aliphatic carbocycles. The summed E-state index contributed by atoms with van der Waals surface area (Å²) in [5.74, 6) is -0.339. The van der Waals surface area contributed by atoms with E-state index in [0.717, 1.165) is 12.1 Å². The van der Waals surface area contributed by atoms with Gasteiger partial charge in [0.05, 0.1) is 13.7 Å². The Morgan fingerprint density at radius 3 is 2.76 bits per heavy atom. The number of methoxy groups -OCH3 is 1. The Morgan fingerprint density at radius 1 is 1.53 bits per heavy atom. The Balaban J connectivity index is 3.00. The second-order valence-electron chi connectivity index (χ2n) is 3.21. The van der Waals surface area contributed by atoms with Crippen molar-refractivity contribution in [2.75, 3.05) is 13.7 Å². The van der Waals surface area contributed by atoms with Crippen molar-refractivity contribution >= 4 is 5.97 Å². The second-order valence-corrected chi connectivity index (χ2v) is 3.21. The van der Waals surface area contributed by atoms with Gasteiger partial charge in [0.25, 0.3) is 0 Å². The average Bonchev–Trinajstić information content (AvgIpc) is 2.33. The first-order valence-corrected chi connectivity index (χ1v) is 4.79. The smallest absolute Gasteiger partial charge is 0.327 e. The molecule has 1 N–H and O–H groups in total. The number of rotatable bonds is 4. The van der Waals surface area contributed by atoms with Crippen molar-refractivity contribution in [1.29, 1.82) is 0 Å². The highest BCUT2D eigenvalue weighted by Gasteiger charge is 2.21. The van der Waals surface area contributed by atoms with E-state index in [1.54, 1.807) is 0 Å². The zero-order valence-electron chi connectivity index (χ0n) is 9.17. The fraction of sp³-hybridized carbons (Fsp3) is 0.250. The molecule has 1 rings (SSSR count). The van der Waals surface area contributed by atoms with Crippen LogP contribution in [0.4, 0.5) is 8.78 Å². The van der Waals surface area contributed by atoms with Crippen molar-refractivity contribution in [2.24, 2.45) is 0 Å². The van der Waals surface area contributed by atoms with Crippen LogP contribution in [0, 0.1) is 24.0 Å². The van der Waals surface area contributed by atoms with E-state index in [9.17, 15) is 13.6 Å². The molecular formula is C12H11F2NO2. The second kappa shape index (κ2) is 5.97. The van der Waals surface area contributed by atoms with Gasteiger partial charge in [-0.3, -0.25) is 5.32 Å². The topological polar surface area (TPSA) is 38.3 Å². The van der Waals surface area contributed by atoms with Crippen molar-refractivity contribution < 1.29 is 18.3 Å². The predicted molar refractivity (Wildman–Crippen MR) is 58.0 cm³/mol. The third kappa shape index (κ3) is 3.26. The molecule has 1 atom stereocenters. The predicted octanol–water partition coefficient (Wildman–Crippen LogP) is 1.40. The van der Waals surface area contributed by atoms with E-state index in [1.807, 2.05) is 0 Å². The van der Waals surface area contributed by atoms with E-state index in [4.69, 9.17) is 6.42 Å². The molecule has 0 amide bonds. The molecule has 1 aromatic carbocycles. The highest BCUT2D eigenvalue weighted by molar-refractivity contribution is 5.77. The number of esters is 1. The largest absolute Gasteiger partial charge is 0.468 e. The van der Waals surface area contributed by atoms with Gasteiger partial charge in [-0.1, -0.05) is 12.0 Å². The molecule has 0 spiro atoms. The first kappa shape index (κ1) is 13.1. The molecule has 0 saturated carbocycles. The van der Waals surface area contributed by atoms with Crippen molar-refractivity contribution in [1.82, 2.24) is 5.32 Å². The van der Waals surface area contributed by atoms with Gasteiger partial charge in [-0.05, 0) is 17.7 Å². The molecular weight excluding hydrogens is 228 g/mol. The van der Waals surface area contributed by atoms with Crippen LogP contribution < -0.4 is 5.32 Å². The lowest BCUT2D eigenvalue weighted by Gasteiger charge is -2.15. The molecule has 1 aromatic rings. The minimum Gasteiger partial charge on any atom is -0.468 e. The average molecular weight is 239 g/mol. The summed E-state index contributed by atoms with van der Waals surface area (Å²) >= 11 is 0. The molecule has 0 fully saturated rings. The minimum absolute atomic E-state index is 0.110. The molecule has 17 heavy (non-hydrogen) atoms. The lowest BCUT2D eigenvalue weighted by atomic mass is 10.1. The number of terminal acetylenes is 1. The number of hydrogen-bond acceptors (Lipinski definition) is 3. The van der Waals surface area contributed by atoms with E-state index in [-0.39, 0.29) is 12.1 Å². The first-order chi connectivity index (χ1) is 8.10. The summed E-state index contributed by atoms with van der Waals surface area (Å²) in [6, 6.07) is 2.26. The number of carbonyl (C=O) groups is 1. The quantitative estimate of drug-likeness (QED) is 0.637. The summed E-state index contributed by atoms with van der Waals surface area (Å²) in [5, 5.41) is 2.68. The molecule has 0 aliphatic heterocycles. The molecule has 0 heterocycles. The van der Waals surface area contributed by atoms with Crippen LogP contribution in [0.2, 0.25) is 0 Å². The van der Waals surface area contributed by atoms with E-state index < -0.39 is 23.6 Å². The number of nitrogens with one attached hydrogen (secondary N) is 1. The zero-order chi connectivity index (χ0) is 12.8. The van der Waals surface area contributed by atoms with E-state index in [0.29, 0.717) is 0 Å². The van der Waals surface area contributed by atoms with Crippen LogP contribution in [0.1, 0.15) is 11.6 Å². The van der Waals surface area contributed by atoms with Crippen molar-refractivity contribution in [3.05, 3.63) is 35.4 Å². The van der Waals surface area contributed by atoms with Crippen LogP contribution in [0.15, 0.2) is 18.2 Å². The van der Waals surface area contributed by atoms with Gasteiger partial charge in [0.15, 0.2) is 11.6 Å². The summed E-state index contributed by atoms with van der Waals surface area (Å²) in [5.41, 5.74) is 0.256. The molecule has 0 radical (unpaired) electrons. The van der Waals surface area contributed by atoms with Gasteiger partial charge in [-0.25, -0.2) is 13.6 Å². The summed E-state index contributed by atoms with van der Waals surface area (Å²) in [6.07, 6.45) is 5.05. The van der Waals surface area contributed by atoms with Crippen molar-refractivity contribution in [2.45, 2.75) is 6.04 Å². The Hall–Kier alpha value is -1.93. The monoisotopic (exact) mass is 239 g/mol. The van der Waals surface area contributed by atoms with Crippen LogP contribution in [0.5, 0.6) is 0 Å². The lowest BCUT2D eigenvalue weighted by Crippen LogP contribution is -2.30. The number of benzene rings is 1. The van der Waals surface area contributed by atoms with Crippen LogP contribution in [-0.4, -0.2) is 19.6 Å². The van der Waals surface area contributed by atoms with E-state index in [1.165, 1.54) is 13.2 Å². The highest BCUT2D eigenvalue weighted by Crippen LogP contribution is 2.17. The standard InChI is InChI=1S/C12H11F2NO2/c1-3-6-15-11(12(16)17-2)8-4-5-9(13)10(14)7-8/h1,4-5,7,11,15H,6H2,2H3. The Kier molecular flexibility index (Phi) is 4.61. The van der Waals surface area contributed by atoms with Crippen LogP contribution in [0.3, 0.4) is 0 Å². The van der Waals surface area contributed by atoms with Crippen molar-refractivity contribution in [3.63, 3.8) is 0 Å². The van der Waals surface area contributed by atoms with Crippen LogP contribution >= 0.6 is 0 Å². The number of hydrogen-bond donors (Lipinski definition) is 1. The molecule has 0 bridgehead atoms. The molecule has 1 unspecified atom stereocenters. The maximum Gasteiger partial charge on any atom is 0.327 e. The third-order valence-corrected chi connectivity index (χ3v) is 2.12. The van der Waals surface area contributed by atoms with Gasteiger partial charge in [-0.15, -0.1) is 6.42 Å². The van der Waals surface area contributed by atoms with Gasteiger partial charge in [0.1, 0.15) is 6.04 Å². The minimum atomic E-state index is -1.03. The van der Waals surface area contributed by atoms with Crippen LogP contribution in [-0.2, 0) is 9.53 Å². The van der Waals surface area contributed by atoms with Gasteiger partial charge in [0, 0.05) is 0 Å². The Labute approximate surface area is 97.8 Å². The molecule has 0 aromatic heterocycles. The van der Waals surface area contributed by atoms with Gasteiger partial charge in [-0.2, -0.15) is 0 Å². The number of ether oxygens (including phenoxy) is 1. The number of carbonyl (C=O) groups excluding carboxylic acids is 1. The summed E-state index contributed by atoms with van der Waals surface area (Å²) in [6.45, 7) is 0.110. The van der Waals surface area contributed by atoms with Gasteiger partial charge in [0.2, 0.25) is 0 Å². The first-order valence-electron chi connectivity index (χ1n) is 4.79. The van der Waals surface area contributed by atoms with Crippen LogP contribution in [0.25, 0.3) is 0 Å². The van der Waals surface area contributed by atoms with Gasteiger partial charge >= 0.3 is 5.97 Å². The molecule has 0 aliphatic rings. The lowest BCUT2D eigenvalue weighted by molar-refractivity contribution is -0.143. The van der Waals surface area contributed by atoms with Gasteiger partial charge < -0.3 is 4.74 Å². The SMILES string of the molecule is C#CCNC(C(=O)OC)c1ccc(F)c(F)c1. The van der Waals surface area contributed by atoms with E-state index >= 15 is 0 Å². The van der Waals surface area contributed by atoms with Crippen molar-refractivity contribution in [3.8, 4) is 12.3 Å². The fourth-order valence-corrected chi connectivity index (χ4v) is 1.31.